The van der Waals surface area contributed by atoms with Crippen LogP contribution < -0.4 is 20.1 Å². The van der Waals surface area contributed by atoms with Crippen molar-refractivity contribution in [3.8, 4) is 5.75 Å². The predicted molar refractivity (Wildman–Crippen MR) is 118 cm³/mol. The molecule has 0 bridgehead atoms. The summed E-state index contributed by atoms with van der Waals surface area (Å²) in [4.78, 5) is 24.5. The molecule has 30 heavy (non-hydrogen) atoms. The molecule has 7 heteroatoms. The summed E-state index contributed by atoms with van der Waals surface area (Å²) in [5.41, 5.74) is 2.29. The Morgan fingerprint density at radius 1 is 1.27 bits per heavy atom. The van der Waals surface area contributed by atoms with Crippen molar-refractivity contribution < 1.29 is 9.13 Å². The average Bonchev–Trinajstić information content (AvgIpc) is 2.74. The predicted octanol–water partition coefficient (Wildman–Crippen LogP) is 3.42. The second-order valence-corrected chi connectivity index (χ2v) is 8.76. The van der Waals surface area contributed by atoms with E-state index in [2.05, 4.69) is 28.6 Å². The zero-order valence-electron chi connectivity index (χ0n) is 18.3. The van der Waals surface area contributed by atoms with Gasteiger partial charge in [0.1, 0.15) is 17.4 Å². The maximum Gasteiger partial charge on any atom is 0.257 e. The molecule has 1 aromatic carbocycles. The van der Waals surface area contributed by atoms with Crippen LogP contribution in [0.2, 0.25) is 0 Å². The Balaban J connectivity index is 1.60. The first-order chi connectivity index (χ1) is 14.4. The van der Waals surface area contributed by atoms with E-state index in [1.54, 1.807) is 7.11 Å². The topological polar surface area (TPSA) is 61.5 Å². The van der Waals surface area contributed by atoms with Gasteiger partial charge >= 0.3 is 0 Å². The number of anilines is 2. The molecule has 0 saturated carbocycles. The fraction of sp³-hybridized carbons (Fsp3) is 0.565. The van der Waals surface area contributed by atoms with E-state index in [0.717, 1.165) is 74.2 Å². The molecule has 2 aromatic rings. The monoisotopic (exact) mass is 414 g/mol. The summed E-state index contributed by atoms with van der Waals surface area (Å²) in [7, 11) is 3.55. The summed E-state index contributed by atoms with van der Waals surface area (Å²) in [6.45, 7) is 6.55. The second-order valence-electron chi connectivity index (χ2n) is 8.76. The number of aryl methyl sites for hydroxylation is 1. The van der Waals surface area contributed by atoms with E-state index in [1.165, 1.54) is 6.07 Å². The molecule has 1 aromatic heterocycles. The first-order valence-corrected chi connectivity index (χ1v) is 10.8. The molecule has 0 atom stereocenters. The number of halogens is 1. The number of nitrogens with zero attached hydrogens (tertiary/aromatic N) is 3. The molecule has 4 rings (SSSR count). The number of methoxy groups -OCH3 is 1. The lowest BCUT2D eigenvalue weighted by Gasteiger charge is -2.41. The minimum atomic E-state index is -0.260. The quantitative estimate of drug-likeness (QED) is 0.831. The molecule has 162 valence electrons. The second kappa shape index (κ2) is 7.93. The first-order valence-electron chi connectivity index (χ1n) is 10.8. The van der Waals surface area contributed by atoms with Gasteiger partial charge in [-0.3, -0.25) is 9.78 Å². The van der Waals surface area contributed by atoms with Gasteiger partial charge < -0.3 is 14.5 Å². The molecule has 2 aliphatic rings. The third kappa shape index (κ3) is 3.55. The van der Waals surface area contributed by atoms with Gasteiger partial charge in [0.2, 0.25) is 5.95 Å². The largest absolute Gasteiger partial charge is 0.497 e. The van der Waals surface area contributed by atoms with E-state index in [-0.39, 0.29) is 16.8 Å². The van der Waals surface area contributed by atoms with Crippen LogP contribution in [0.1, 0.15) is 49.8 Å². The van der Waals surface area contributed by atoms with Gasteiger partial charge in [-0.15, -0.1) is 0 Å². The van der Waals surface area contributed by atoms with E-state index in [1.807, 2.05) is 13.1 Å². The van der Waals surface area contributed by atoms with Gasteiger partial charge in [-0.2, -0.15) is 4.98 Å². The highest BCUT2D eigenvalue weighted by atomic mass is 19.1. The van der Waals surface area contributed by atoms with Crippen molar-refractivity contribution in [1.82, 2.24) is 9.97 Å². The lowest BCUT2D eigenvalue weighted by atomic mass is 9.72. The number of aromatic amines is 1. The minimum Gasteiger partial charge on any atom is -0.497 e. The Morgan fingerprint density at radius 3 is 2.67 bits per heavy atom. The molecule has 3 heterocycles. The molecule has 1 fully saturated rings. The SMILES string of the molecule is CCc1cc(OC)cc(F)c1C1(C)CCN(c2nc3c(c(=O)[nH]2)CCCN3C)CC1. The molecular weight excluding hydrogens is 383 g/mol. The molecule has 2 aliphatic heterocycles. The van der Waals surface area contributed by atoms with Crippen LogP contribution in [0.5, 0.6) is 5.75 Å². The van der Waals surface area contributed by atoms with Crippen LogP contribution in [0.15, 0.2) is 16.9 Å². The van der Waals surface area contributed by atoms with Crippen LogP contribution in [-0.2, 0) is 18.3 Å². The molecule has 0 amide bonds. The smallest absolute Gasteiger partial charge is 0.257 e. The molecule has 0 unspecified atom stereocenters. The first kappa shape index (κ1) is 20.7. The fourth-order valence-electron chi connectivity index (χ4n) is 4.93. The maximum absolute atomic E-state index is 15.1. The molecule has 6 nitrogen and oxygen atoms in total. The van der Waals surface area contributed by atoms with Crippen molar-refractivity contribution in [3.05, 3.63) is 45.0 Å². The van der Waals surface area contributed by atoms with Crippen molar-refractivity contribution in [1.29, 1.82) is 0 Å². The van der Waals surface area contributed by atoms with Crippen molar-refractivity contribution in [2.75, 3.05) is 43.6 Å². The third-order valence-electron chi connectivity index (χ3n) is 6.80. The van der Waals surface area contributed by atoms with E-state index in [9.17, 15) is 4.79 Å². The summed E-state index contributed by atoms with van der Waals surface area (Å²) in [6, 6.07) is 3.44. The van der Waals surface area contributed by atoms with Crippen LogP contribution in [0.25, 0.3) is 0 Å². The van der Waals surface area contributed by atoms with Gasteiger partial charge in [-0.25, -0.2) is 4.39 Å². The molecular formula is C23H31FN4O2. The number of nitrogens with one attached hydrogen (secondary N) is 1. The molecule has 0 radical (unpaired) electrons. The van der Waals surface area contributed by atoms with Gasteiger partial charge in [-0.05, 0) is 54.7 Å². The summed E-state index contributed by atoms with van der Waals surface area (Å²) in [5, 5.41) is 0. The zero-order valence-corrected chi connectivity index (χ0v) is 18.3. The maximum atomic E-state index is 15.1. The van der Waals surface area contributed by atoms with Crippen LogP contribution in [-0.4, -0.2) is 43.8 Å². The normalized spacial score (nSPS) is 18.3. The van der Waals surface area contributed by atoms with Crippen molar-refractivity contribution in [3.63, 3.8) is 0 Å². The van der Waals surface area contributed by atoms with E-state index in [0.29, 0.717) is 11.7 Å². The Hall–Kier alpha value is -2.57. The number of fused-ring (bicyclic) bond motifs is 1. The number of aromatic nitrogens is 2. The number of hydrogen-bond donors (Lipinski definition) is 1. The van der Waals surface area contributed by atoms with E-state index >= 15 is 4.39 Å². The highest BCUT2D eigenvalue weighted by molar-refractivity contribution is 5.52. The fourth-order valence-corrected chi connectivity index (χ4v) is 4.93. The third-order valence-corrected chi connectivity index (χ3v) is 6.80. The Bertz CT molecular complexity index is 995. The standard InChI is InChI=1S/C23H31FN4O2/c1-5-15-13-16(30-4)14-18(24)19(15)23(2)8-11-28(12-9-23)22-25-20-17(21(29)26-22)7-6-10-27(20)3/h13-14H,5-12H2,1-4H3,(H,25,26,29). The lowest BCUT2D eigenvalue weighted by Crippen LogP contribution is -2.43. The number of rotatable bonds is 4. The summed E-state index contributed by atoms with van der Waals surface area (Å²) >= 11 is 0. The lowest BCUT2D eigenvalue weighted by molar-refractivity contribution is 0.342. The van der Waals surface area contributed by atoms with Crippen LogP contribution in [0, 0.1) is 5.82 Å². The van der Waals surface area contributed by atoms with Gasteiger partial charge in [-0.1, -0.05) is 13.8 Å². The number of piperidine rings is 1. The van der Waals surface area contributed by atoms with E-state index < -0.39 is 0 Å². The molecule has 1 N–H and O–H groups in total. The summed E-state index contributed by atoms with van der Waals surface area (Å²) < 4.78 is 20.3. The summed E-state index contributed by atoms with van der Waals surface area (Å²) in [5.74, 6) is 1.79. The number of H-pyrrole nitrogens is 1. The number of benzene rings is 1. The van der Waals surface area contributed by atoms with Gasteiger partial charge in [0.25, 0.3) is 5.56 Å². The van der Waals surface area contributed by atoms with Crippen LogP contribution >= 0.6 is 0 Å². The molecule has 0 aliphatic carbocycles. The average molecular weight is 415 g/mol. The Kier molecular flexibility index (Phi) is 5.47. The summed E-state index contributed by atoms with van der Waals surface area (Å²) in [6.07, 6.45) is 4.09. The van der Waals surface area contributed by atoms with Gasteiger partial charge in [0, 0.05) is 32.7 Å². The Morgan fingerprint density at radius 2 is 2.00 bits per heavy atom. The van der Waals surface area contributed by atoms with Crippen molar-refractivity contribution in [2.24, 2.45) is 0 Å². The van der Waals surface area contributed by atoms with Crippen LogP contribution in [0.3, 0.4) is 0 Å². The van der Waals surface area contributed by atoms with Crippen LogP contribution in [0.4, 0.5) is 16.2 Å². The van der Waals surface area contributed by atoms with E-state index in [4.69, 9.17) is 9.72 Å². The minimum absolute atomic E-state index is 0.0376. The highest BCUT2D eigenvalue weighted by Crippen LogP contribution is 2.40. The van der Waals surface area contributed by atoms with Gasteiger partial charge in [0.15, 0.2) is 0 Å². The van der Waals surface area contributed by atoms with Gasteiger partial charge in [0.05, 0.1) is 12.7 Å². The molecule has 1 saturated heterocycles. The zero-order chi connectivity index (χ0) is 21.5. The highest BCUT2D eigenvalue weighted by Gasteiger charge is 2.36. The number of hydrogen-bond acceptors (Lipinski definition) is 5. The Labute approximate surface area is 177 Å². The number of ether oxygens (including phenoxy) is 1. The molecule has 0 spiro atoms. The van der Waals surface area contributed by atoms with Crippen molar-refractivity contribution in [2.45, 2.75) is 51.4 Å². The van der Waals surface area contributed by atoms with Crippen molar-refractivity contribution >= 4 is 11.8 Å².